The number of piperidine rings is 1. The number of sulfonamides is 1. The van der Waals surface area contributed by atoms with Crippen LogP contribution in [0.4, 0.5) is 34.5 Å². The monoisotopic (exact) mass is 948 g/mol. The molecular weight excluding hydrogens is 897 g/mol. The van der Waals surface area contributed by atoms with E-state index >= 15 is 0 Å². The molecule has 0 aliphatic carbocycles. The summed E-state index contributed by atoms with van der Waals surface area (Å²) in [5, 5.41) is 45.1. The van der Waals surface area contributed by atoms with Gasteiger partial charge in [0.05, 0.1) is 60.5 Å². The zero-order valence-corrected chi connectivity index (χ0v) is 38.7. The Morgan fingerprint density at radius 3 is 2.34 bits per heavy atom. The highest BCUT2D eigenvalue weighted by Crippen LogP contribution is 2.42. The third kappa shape index (κ3) is 9.88. The van der Waals surface area contributed by atoms with E-state index < -0.39 is 15.9 Å². The van der Waals surface area contributed by atoms with E-state index in [0.717, 1.165) is 16.2 Å². The Hall–Kier alpha value is -7.65. The minimum Gasteiger partial charge on any atom is -0.508 e. The molecule has 2 aliphatic heterocycles. The zero-order valence-electron chi connectivity index (χ0n) is 37.9. The largest absolute Gasteiger partial charge is 0.508 e. The molecule has 4 heterocycles. The first kappa shape index (κ1) is 46.9. The van der Waals surface area contributed by atoms with Gasteiger partial charge in [-0.25, -0.2) is 22.3 Å². The van der Waals surface area contributed by atoms with Crippen molar-refractivity contribution in [3.63, 3.8) is 0 Å². The molecule has 0 atom stereocenters. The van der Waals surface area contributed by atoms with Crippen LogP contribution in [0.2, 0.25) is 0 Å². The van der Waals surface area contributed by atoms with Crippen molar-refractivity contribution in [2.75, 3.05) is 78.8 Å². The third-order valence-corrected chi connectivity index (χ3v) is 12.7. The van der Waals surface area contributed by atoms with Gasteiger partial charge in [-0.2, -0.15) is 4.98 Å². The van der Waals surface area contributed by atoms with E-state index in [-0.39, 0.29) is 70.5 Å². The van der Waals surface area contributed by atoms with Gasteiger partial charge in [-0.3, -0.25) is 9.59 Å². The number of carbonyl (C=O) groups excluding carboxylic acids is 2. The molecule has 4 aromatic carbocycles. The number of fused-ring (bicyclic) bond motifs is 2. The zero-order chi connectivity index (χ0) is 48.1. The number of phenols is 2. The number of hydrogen-bond acceptors (Lipinski definition) is 16. The minimum atomic E-state index is -3.93. The number of aromatic nitrogens is 5. The fraction of sp³-hybridized carbons (Fsp3) is 0.319. The SMILES string of the molecule is CCOc1cc(N2CCC(C(=O)NCCOCCOc3ccc(-n4c(O)nnc4-c4cc(CC)c(O)cc4O)cc3)CC2)ccc1Nc1ncc2c(n1)N(S(C)(=O)=O)c1ccccc1C(=O)N2C. The molecule has 20 nitrogen and oxygen atoms in total. The van der Waals surface area contributed by atoms with Crippen molar-refractivity contribution in [2.24, 2.45) is 5.92 Å². The number of amides is 2. The van der Waals surface area contributed by atoms with E-state index in [0.29, 0.717) is 92.7 Å². The summed E-state index contributed by atoms with van der Waals surface area (Å²) in [6.45, 7) is 6.64. The lowest BCUT2D eigenvalue weighted by Crippen LogP contribution is -2.41. The summed E-state index contributed by atoms with van der Waals surface area (Å²) in [7, 11) is -2.39. The number of para-hydroxylation sites is 1. The normalized spacial score (nSPS) is 14.0. The number of nitrogens with zero attached hydrogens (tertiary/aromatic N) is 8. The maximum atomic E-state index is 13.3. The number of aromatic hydroxyl groups is 3. The van der Waals surface area contributed by atoms with Gasteiger partial charge < -0.3 is 50.0 Å². The lowest BCUT2D eigenvalue weighted by Gasteiger charge is -2.33. The van der Waals surface area contributed by atoms with Crippen LogP contribution in [0.1, 0.15) is 42.6 Å². The smallest absolute Gasteiger partial charge is 0.319 e. The van der Waals surface area contributed by atoms with Gasteiger partial charge in [-0.05, 0) is 86.3 Å². The second-order valence-electron chi connectivity index (χ2n) is 16.1. The first-order valence-electron chi connectivity index (χ1n) is 22.1. The van der Waals surface area contributed by atoms with Crippen molar-refractivity contribution in [1.82, 2.24) is 30.0 Å². The van der Waals surface area contributed by atoms with Crippen LogP contribution in [0.3, 0.4) is 0 Å². The Kier molecular flexibility index (Phi) is 13.8. The van der Waals surface area contributed by atoms with Crippen LogP contribution in [-0.4, -0.2) is 120 Å². The molecule has 5 N–H and O–H groups in total. The molecule has 6 aromatic rings. The van der Waals surface area contributed by atoms with E-state index in [9.17, 15) is 33.3 Å². The molecule has 0 radical (unpaired) electrons. The van der Waals surface area contributed by atoms with E-state index in [1.165, 1.54) is 21.7 Å². The number of aryl methyl sites for hydroxylation is 1. The molecule has 356 valence electrons. The van der Waals surface area contributed by atoms with Crippen molar-refractivity contribution in [1.29, 1.82) is 0 Å². The number of ether oxygens (including phenoxy) is 3. The van der Waals surface area contributed by atoms with E-state index in [4.69, 9.17) is 14.2 Å². The van der Waals surface area contributed by atoms with Crippen molar-refractivity contribution < 1.29 is 47.5 Å². The molecule has 0 unspecified atom stereocenters. The van der Waals surface area contributed by atoms with Crippen molar-refractivity contribution in [2.45, 2.75) is 33.1 Å². The standard InChI is InChI=1S/C47H52N10O10S/c1-5-29-25-35(40(59)27-39(29)58)42-52-53-47(62)56(42)31-11-14-33(15-12-31)67-24-23-65-22-19-48-44(60)30-17-20-55(21-18-30)32-13-16-36(41(26-32)66-6-2)50-46-49-28-38-43(51-46)57(68(4,63)64)37-10-8-7-9-34(37)45(61)54(38)3/h7-16,25-28,30,58-59H,5-6,17-24H2,1-4H3,(H,48,60)(H,53,62)(H,49,50,51). The molecule has 2 aromatic heterocycles. The highest BCUT2D eigenvalue weighted by Gasteiger charge is 2.35. The van der Waals surface area contributed by atoms with Crippen molar-refractivity contribution in [3.05, 3.63) is 96.2 Å². The summed E-state index contributed by atoms with van der Waals surface area (Å²) >= 11 is 0. The molecule has 1 fully saturated rings. The summed E-state index contributed by atoms with van der Waals surface area (Å²) in [6.07, 6.45) is 4.31. The summed E-state index contributed by atoms with van der Waals surface area (Å²) < 4.78 is 46.4. The van der Waals surface area contributed by atoms with Crippen LogP contribution < -0.4 is 34.2 Å². The van der Waals surface area contributed by atoms with Gasteiger partial charge in [0, 0.05) is 50.4 Å². The fourth-order valence-electron chi connectivity index (χ4n) is 8.17. The van der Waals surface area contributed by atoms with Gasteiger partial charge in [-0.1, -0.05) is 24.2 Å². The second-order valence-corrected chi connectivity index (χ2v) is 17.9. The van der Waals surface area contributed by atoms with Gasteiger partial charge >= 0.3 is 6.01 Å². The average molecular weight is 949 g/mol. The minimum absolute atomic E-state index is 0.0245. The fourth-order valence-corrected chi connectivity index (χ4v) is 9.13. The van der Waals surface area contributed by atoms with Crippen molar-refractivity contribution >= 4 is 56.4 Å². The van der Waals surface area contributed by atoms with Gasteiger partial charge in [0.2, 0.25) is 21.9 Å². The third-order valence-electron chi connectivity index (χ3n) is 11.6. The number of anilines is 6. The van der Waals surface area contributed by atoms with Gasteiger partial charge in [0.1, 0.15) is 35.3 Å². The van der Waals surface area contributed by atoms with Gasteiger partial charge in [0.25, 0.3) is 5.91 Å². The molecule has 21 heteroatoms. The van der Waals surface area contributed by atoms with Crippen LogP contribution in [0.25, 0.3) is 17.1 Å². The molecule has 2 amide bonds. The van der Waals surface area contributed by atoms with Gasteiger partial charge in [-0.15, -0.1) is 5.10 Å². The maximum Gasteiger partial charge on any atom is 0.319 e. The van der Waals surface area contributed by atoms with Gasteiger partial charge in [0.15, 0.2) is 11.6 Å². The number of hydrogen-bond donors (Lipinski definition) is 5. The molecular formula is C47H52N10O10S. The number of rotatable bonds is 17. The van der Waals surface area contributed by atoms with E-state index in [1.807, 2.05) is 32.0 Å². The summed E-state index contributed by atoms with van der Waals surface area (Å²) in [4.78, 5) is 39.0. The first-order valence-corrected chi connectivity index (χ1v) is 23.9. The Labute approximate surface area is 392 Å². The van der Waals surface area contributed by atoms with Crippen LogP contribution >= 0.6 is 0 Å². The molecule has 8 rings (SSSR count). The summed E-state index contributed by atoms with van der Waals surface area (Å²) in [6, 6.07) is 21.5. The lowest BCUT2D eigenvalue weighted by atomic mass is 9.95. The topological polar surface area (TPSA) is 247 Å². The lowest BCUT2D eigenvalue weighted by molar-refractivity contribution is -0.125. The number of carbonyl (C=O) groups is 2. The average Bonchev–Trinajstić information content (AvgIpc) is 3.68. The van der Waals surface area contributed by atoms with Crippen LogP contribution in [0, 0.1) is 5.92 Å². The van der Waals surface area contributed by atoms with Crippen molar-refractivity contribution in [3.8, 4) is 46.1 Å². The number of nitrogens with one attached hydrogen (secondary N) is 2. The Morgan fingerprint density at radius 2 is 1.60 bits per heavy atom. The Balaban J connectivity index is 0.796. The van der Waals surface area contributed by atoms with E-state index in [1.54, 1.807) is 61.6 Å². The second kappa shape index (κ2) is 20.1. The van der Waals surface area contributed by atoms with Crippen LogP contribution in [-0.2, 0) is 26.0 Å². The molecule has 0 saturated carbocycles. The van der Waals surface area contributed by atoms with E-state index in [2.05, 4.69) is 35.7 Å². The Morgan fingerprint density at radius 1 is 0.853 bits per heavy atom. The van der Waals surface area contributed by atoms with Crippen LogP contribution in [0.15, 0.2) is 85.1 Å². The molecule has 68 heavy (non-hydrogen) atoms. The molecule has 2 aliphatic rings. The molecule has 0 spiro atoms. The first-order chi connectivity index (χ1) is 32.7. The maximum absolute atomic E-state index is 13.3. The summed E-state index contributed by atoms with van der Waals surface area (Å²) in [5.74, 6) is 0.618. The number of benzene rings is 4. The summed E-state index contributed by atoms with van der Waals surface area (Å²) in [5.41, 5.74) is 3.54. The number of phenolic OH excluding ortho intramolecular Hbond substituents is 2. The quantitative estimate of drug-likeness (QED) is 0.0692. The predicted octanol–water partition coefficient (Wildman–Crippen LogP) is 5.66. The molecule has 1 saturated heterocycles. The highest BCUT2D eigenvalue weighted by molar-refractivity contribution is 7.92. The predicted molar refractivity (Wildman–Crippen MR) is 255 cm³/mol. The highest BCUT2D eigenvalue weighted by atomic mass is 32.2. The Bertz CT molecular complexity index is 2920. The van der Waals surface area contributed by atoms with Crippen LogP contribution in [0.5, 0.6) is 29.0 Å². The molecule has 0 bridgehead atoms.